The van der Waals surface area contributed by atoms with Crippen molar-refractivity contribution in [3.8, 4) is 6.07 Å². The highest BCUT2D eigenvalue weighted by Gasteiger charge is 2.13. The van der Waals surface area contributed by atoms with Gasteiger partial charge in [0.15, 0.2) is 0 Å². The van der Waals surface area contributed by atoms with Crippen molar-refractivity contribution in [1.29, 1.82) is 5.26 Å². The quantitative estimate of drug-likeness (QED) is 0.807. The molecule has 1 rings (SSSR count). The zero-order valence-corrected chi connectivity index (χ0v) is 10.2. The molecule has 0 aliphatic rings. The zero-order chi connectivity index (χ0) is 9.84. The number of thiophene rings is 1. The molecule has 0 spiro atoms. The van der Waals surface area contributed by atoms with Crippen LogP contribution in [0.3, 0.4) is 0 Å². The van der Waals surface area contributed by atoms with Gasteiger partial charge in [0.1, 0.15) is 0 Å². The first kappa shape index (κ1) is 10.7. The molecule has 0 saturated carbocycles. The largest absolute Gasteiger partial charge is 0.198 e. The van der Waals surface area contributed by atoms with Gasteiger partial charge in [-0.3, -0.25) is 0 Å². The molecule has 1 aromatic rings. The Morgan fingerprint density at radius 3 is 2.62 bits per heavy atom. The van der Waals surface area contributed by atoms with E-state index in [1.165, 1.54) is 4.88 Å². The Morgan fingerprint density at radius 2 is 2.23 bits per heavy atom. The van der Waals surface area contributed by atoms with Crippen molar-refractivity contribution in [3.63, 3.8) is 0 Å². The molecular formula is C10H12BrNS. The summed E-state index contributed by atoms with van der Waals surface area (Å²) in [6.45, 7) is 4.19. The second-order valence-corrected chi connectivity index (χ2v) is 5.94. The molecule has 70 valence electrons. The molecule has 0 bridgehead atoms. The summed E-state index contributed by atoms with van der Waals surface area (Å²) in [4.78, 5) is 1.28. The van der Waals surface area contributed by atoms with Gasteiger partial charge in [0.25, 0.3) is 0 Å². The third-order valence-electron chi connectivity index (χ3n) is 2.02. The van der Waals surface area contributed by atoms with Gasteiger partial charge in [-0.25, -0.2) is 0 Å². The summed E-state index contributed by atoms with van der Waals surface area (Å²) in [5.74, 6) is 0.580. The minimum Gasteiger partial charge on any atom is -0.198 e. The van der Waals surface area contributed by atoms with Crippen molar-refractivity contribution in [2.45, 2.75) is 20.3 Å². The van der Waals surface area contributed by atoms with Crippen molar-refractivity contribution in [2.75, 3.05) is 0 Å². The summed E-state index contributed by atoms with van der Waals surface area (Å²) >= 11 is 5.13. The maximum atomic E-state index is 8.91. The summed E-state index contributed by atoms with van der Waals surface area (Å²) in [7, 11) is 0. The van der Waals surface area contributed by atoms with E-state index < -0.39 is 0 Å². The third-order valence-corrected chi connectivity index (χ3v) is 3.67. The molecular weight excluding hydrogens is 246 g/mol. The number of hydrogen-bond acceptors (Lipinski definition) is 2. The molecule has 1 heterocycles. The van der Waals surface area contributed by atoms with Crippen molar-refractivity contribution in [2.24, 2.45) is 11.8 Å². The second-order valence-electron chi connectivity index (χ2n) is 3.39. The number of halogens is 1. The minimum absolute atomic E-state index is 0.144. The second kappa shape index (κ2) is 4.78. The van der Waals surface area contributed by atoms with Crippen LogP contribution in [0.4, 0.5) is 0 Å². The van der Waals surface area contributed by atoms with Crippen LogP contribution >= 0.6 is 27.3 Å². The van der Waals surface area contributed by atoms with Gasteiger partial charge in [0, 0.05) is 4.88 Å². The molecule has 0 saturated heterocycles. The highest BCUT2D eigenvalue weighted by atomic mass is 79.9. The lowest BCUT2D eigenvalue weighted by molar-refractivity contribution is 0.476. The summed E-state index contributed by atoms with van der Waals surface area (Å²) in [5.41, 5.74) is 0. The zero-order valence-electron chi connectivity index (χ0n) is 7.75. The number of hydrogen-bond donors (Lipinski definition) is 0. The van der Waals surface area contributed by atoms with E-state index in [1.807, 2.05) is 6.07 Å². The Bertz CT molecular complexity index is 311. The summed E-state index contributed by atoms with van der Waals surface area (Å²) in [6, 6.07) is 6.47. The Labute approximate surface area is 91.5 Å². The Balaban J connectivity index is 2.63. The predicted octanol–water partition coefficient (Wildman–Crippen LogP) is 3.85. The fraction of sp³-hybridized carbons (Fsp3) is 0.500. The molecule has 1 atom stereocenters. The van der Waals surface area contributed by atoms with E-state index in [0.29, 0.717) is 5.92 Å². The first-order valence-corrected chi connectivity index (χ1v) is 5.88. The fourth-order valence-electron chi connectivity index (χ4n) is 1.11. The van der Waals surface area contributed by atoms with Crippen LogP contribution in [0.1, 0.15) is 18.7 Å². The Kier molecular flexibility index (Phi) is 3.95. The van der Waals surface area contributed by atoms with Crippen molar-refractivity contribution < 1.29 is 0 Å². The van der Waals surface area contributed by atoms with E-state index in [0.717, 1.165) is 10.2 Å². The molecule has 0 amide bonds. The first-order chi connectivity index (χ1) is 6.13. The van der Waals surface area contributed by atoms with E-state index in [-0.39, 0.29) is 5.92 Å². The molecule has 0 radical (unpaired) electrons. The molecule has 0 aromatic carbocycles. The minimum atomic E-state index is 0.144. The Morgan fingerprint density at radius 1 is 1.54 bits per heavy atom. The highest BCUT2D eigenvalue weighted by Crippen LogP contribution is 2.26. The normalized spacial score (nSPS) is 12.8. The van der Waals surface area contributed by atoms with E-state index in [2.05, 4.69) is 41.9 Å². The average Bonchev–Trinajstić information content (AvgIpc) is 2.46. The van der Waals surface area contributed by atoms with Crippen LogP contribution in [0.15, 0.2) is 15.9 Å². The average molecular weight is 258 g/mol. The maximum Gasteiger partial charge on any atom is 0.0701 e. The van der Waals surface area contributed by atoms with E-state index in [1.54, 1.807) is 11.3 Å². The van der Waals surface area contributed by atoms with Gasteiger partial charge >= 0.3 is 0 Å². The van der Waals surface area contributed by atoms with E-state index in [4.69, 9.17) is 5.26 Å². The lowest BCUT2D eigenvalue weighted by Crippen LogP contribution is -2.08. The highest BCUT2D eigenvalue weighted by molar-refractivity contribution is 9.11. The molecule has 0 fully saturated rings. The summed E-state index contributed by atoms with van der Waals surface area (Å²) in [5, 5.41) is 8.91. The van der Waals surface area contributed by atoms with Crippen LogP contribution in [-0.4, -0.2) is 0 Å². The van der Waals surface area contributed by atoms with Gasteiger partial charge in [-0.05, 0) is 40.4 Å². The lowest BCUT2D eigenvalue weighted by Gasteiger charge is -2.10. The van der Waals surface area contributed by atoms with Gasteiger partial charge in [-0.2, -0.15) is 5.26 Å². The van der Waals surface area contributed by atoms with Gasteiger partial charge in [-0.15, -0.1) is 11.3 Å². The number of nitriles is 1. The van der Waals surface area contributed by atoms with Crippen molar-refractivity contribution in [1.82, 2.24) is 0 Å². The van der Waals surface area contributed by atoms with Crippen molar-refractivity contribution in [3.05, 3.63) is 20.8 Å². The summed E-state index contributed by atoms with van der Waals surface area (Å²) < 4.78 is 1.14. The third kappa shape index (κ3) is 3.13. The van der Waals surface area contributed by atoms with E-state index in [9.17, 15) is 0 Å². The topological polar surface area (TPSA) is 23.8 Å². The number of nitrogens with zero attached hydrogens (tertiary/aromatic N) is 1. The SMILES string of the molecule is CC(C)C(C#N)Cc1ccc(Br)s1. The molecule has 1 aromatic heterocycles. The molecule has 13 heavy (non-hydrogen) atoms. The van der Waals surface area contributed by atoms with Crippen LogP contribution in [-0.2, 0) is 6.42 Å². The lowest BCUT2D eigenvalue weighted by atomic mass is 9.94. The molecule has 1 unspecified atom stereocenters. The van der Waals surface area contributed by atoms with Crippen LogP contribution in [0.2, 0.25) is 0 Å². The first-order valence-electron chi connectivity index (χ1n) is 4.27. The van der Waals surface area contributed by atoms with Gasteiger partial charge in [0.2, 0.25) is 0 Å². The monoisotopic (exact) mass is 257 g/mol. The van der Waals surface area contributed by atoms with Crippen LogP contribution in [0.25, 0.3) is 0 Å². The van der Waals surface area contributed by atoms with Gasteiger partial charge < -0.3 is 0 Å². The van der Waals surface area contributed by atoms with Crippen LogP contribution in [0.5, 0.6) is 0 Å². The maximum absolute atomic E-state index is 8.91. The van der Waals surface area contributed by atoms with Crippen molar-refractivity contribution >= 4 is 27.3 Å². The Hall–Kier alpha value is -0.330. The predicted molar refractivity (Wildman–Crippen MR) is 59.7 cm³/mol. The van der Waals surface area contributed by atoms with Gasteiger partial charge in [0.05, 0.1) is 15.8 Å². The summed E-state index contributed by atoms with van der Waals surface area (Å²) in [6.07, 6.45) is 0.879. The van der Waals surface area contributed by atoms with Crippen LogP contribution < -0.4 is 0 Å². The molecule has 1 nitrogen and oxygen atoms in total. The smallest absolute Gasteiger partial charge is 0.0701 e. The molecule has 0 aliphatic carbocycles. The fourth-order valence-corrected chi connectivity index (χ4v) is 2.65. The van der Waals surface area contributed by atoms with Gasteiger partial charge in [-0.1, -0.05) is 13.8 Å². The molecule has 0 aliphatic heterocycles. The molecule has 0 N–H and O–H groups in total. The van der Waals surface area contributed by atoms with E-state index >= 15 is 0 Å². The molecule has 3 heteroatoms. The number of rotatable bonds is 3. The standard InChI is InChI=1S/C10H12BrNS/c1-7(2)8(6-12)5-9-3-4-10(11)13-9/h3-4,7-8H,5H2,1-2H3. The van der Waals surface area contributed by atoms with Crippen LogP contribution in [0, 0.1) is 23.2 Å².